The first-order chi connectivity index (χ1) is 16.3. The summed E-state index contributed by atoms with van der Waals surface area (Å²) < 4.78 is 39.4. The van der Waals surface area contributed by atoms with E-state index in [4.69, 9.17) is 0 Å². The number of rotatable bonds is 7. The Morgan fingerprint density at radius 1 is 0.824 bits per heavy atom. The fourth-order valence-electron chi connectivity index (χ4n) is 5.36. The van der Waals surface area contributed by atoms with Crippen LogP contribution in [0.15, 0.2) is 72.8 Å². The highest BCUT2D eigenvalue weighted by Gasteiger charge is 2.30. The minimum Gasteiger partial charge on any atom is -0.166 e. The summed E-state index contributed by atoms with van der Waals surface area (Å²) in [7, 11) is -0.606. The maximum Gasteiger partial charge on any atom is 0.416 e. The standard InChI is InChI=1S/C30H35F3Si/c1-22(2)7-6-18-34-19-16-23(17-20-34)26-12-15-28(24-8-4-3-5-9-24)29(21-26)25-10-13-27(14-11-25)30(31,32)33/h3-5,8-15,21-23,34H,6-7,16-20H2,1-2H3. The Kier molecular flexibility index (Phi) is 7.97. The highest BCUT2D eigenvalue weighted by Crippen LogP contribution is 2.40. The number of benzene rings is 3. The Balaban J connectivity index is 1.58. The minimum absolute atomic E-state index is 0.562. The van der Waals surface area contributed by atoms with Gasteiger partial charge in [0.05, 0.1) is 5.56 Å². The molecule has 0 saturated carbocycles. The van der Waals surface area contributed by atoms with Crippen molar-refractivity contribution >= 4 is 8.80 Å². The van der Waals surface area contributed by atoms with Crippen molar-refractivity contribution in [3.8, 4) is 22.3 Å². The largest absolute Gasteiger partial charge is 0.416 e. The molecule has 1 saturated heterocycles. The summed E-state index contributed by atoms with van der Waals surface area (Å²) in [6, 6.07) is 26.7. The van der Waals surface area contributed by atoms with Crippen LogP contribution in [0.5, 0.6) is 0 Å². The van der Waals surface area contributed by atoms with Crippen LogP contribution in [0, 0.1) is 5.92 Å². The van der Waals surface area contributed by atoms with Crippen molar-refractivity contribution in [1.29, 1.82) is 0 Å². The molecule has 0 amide bonds. The molecule has 1 heterocycles. The van der Waals surface area contributed by atoms with Crippen LogP contribution in [0.1, 0.15) is 56.6 Å². The lowest BCUT2D eigenvalue weighted by molar-refractivity contribution is -0.137. The van der Waals surface area contributed by atoms with Crippen LogP contribution in [0.4, 0.5) is 13.2 Å². The van der Waals surface area contributed by atoms with Crippen molar-refractivity contribution in [2.75, 3.05) is 0 Å². The van der Waals surface area contributed by atoms with Crippen LogP contribution >= 0.6 is 0 Å². The van der Waals surface area contributed by atoms with Crippen molar-refractivity contribution in [2.24, 2.45) is 5.92 Å². The second kappa shape index (κ2) is 10.9. The van der Waals surface area contributed by atoms with E-state index in [1.165, 1.54) is 61.5 Å². The number of hydrogen-bond donors (Lipinski definition) is 0. The summed E-state index contributed by atoms with van der Waals surface area (Å²) in [5, 5.41) is 0. The third kappa shape index (κ3) is 6.21. The summed E-state index contributed by atoms with van der Waals surface area (Å²) >= 11 is 0. The molecule has 0 aliphatic carbocycles. The quantitative estimate of drug-likeness (QED) is 0.295. The first kappa shape index (κ1) is 24.8. The lowest BCUT2D eigenvalue weighted by atomic mass is 9.87. The lowest BCUT2D eigenvalue weighted by Crippen LogP contribution is -2.20. The fourth-order valence-corrected chi connectivity index (χ4v) is 8.79. The van der Waals surface area contributed by atoms with Gasteiger partial charge in [-0.15, -0.1) is 0 Å². The smallest absolute Gasteiger partial charge is 0.166 e. The molecule has 1 fully saturated rings. The van der Waals surface area contributed by atoms with Crippen molar-refractivity contribution in [1.82, 2.24) is 0 Å². The molecule has 0 N–H and O–H groups in total. The molecule has 4 rings (SSSR count). The molecule has 4 heteroatoms. The molecule has 0 nitrogen and oxygen atoms in total. The van der Waals surface area contributed by atoms with E-state index in [1.807, 2.05) is 18.2 Å². The molecule has 0 aromatic heterocycles. The van der Waals surface area contributed by atoms with Gasteiger partial charge in [0.15, 0.2) is 0 Å². The van der Waals surface area contributed by atoms with E-state index in [0.29, 0.717) is 5.92 Å². The average molecular weight is 481 g/mol. The van der Waals surface area contributed by atoms with Crippen LogP contribution in [-0.4, -0.2) is 8.80 Å². The van der Waals surface area contributed by atoms with Crippen LogP contribution in [0.3, 0.4) is 0 Å². The van der Waals surface area contributed by atoms with Gasteiger partial charge in [0.1, 0.15) is 0 Å². The average Bonchev–Trinajstić information content (AvgIpc) is 2.84. The molecule has 3 aromatic carbocycles. The molecule has 1 aliphatic rings. The van der Waals surface area contributed by atoms with E-state index < -0.39 is 20.5 Å². The van der Waals surface area contributed by atoms with Gasteiger partial charge in [-0.25, -0.2) is 0 Å². The highest BCUT2D eigenvalue weighted by molar-refractivity contribution is 6.59. The summed E-state index contributed by atoms with van der Waals surface area (Å²) in [6.07, 6.45) is 0.944. The molecular formula is C30H35F3Si. The van der Waals surface area contributed by atoms with Gasteiger partial charge in [-0.05, 0) is 64.6 Å². The number of halogens is 3. The second-order valence-corrected chi connectivity index (χ2v) is 13.8. The van der Waals surface area contributed by atoms with Gasteiger partial charge in [-0.2, -0.15) is 13.2 Å². The Bertz CT molecular complexity index is 1050. The predicted octanol–water partition coefficient (Wildman–Crippen LogP) is 9.58. The zero-order valence-corrected chi connectivity index (χ0v) is 21.4. The number of alkyl halides is 3. The maximum absolute atomic E-state index is 13.1. The van der Waals surface area contributed by atoms with E-state index in [0.717, 1.165) is 28.2 Å². The van der Waals surface area contributed by atoms with E-state index in [9.17, 15) is 13.2 Å². The summed E-state index contributed by atoms with van der Waals surface area (Å²) in [6.45, 7) is 4.62. The van der Waals surface area contributed by atoms with E-state index in [1.54, 1.807) is 12.1 Å². The van der Waals surface area contributed by atoms with Gasteiger partial charge in [0.2, 0.25) is 0 Å². The SMILES string of the molecule is CC(C)CCC[SiH]1CCC(c2ccc(-c3ccccc3)c(-c3ccc(C(F)(F)F)cc3)c2)CC1. The van der Waals surface area contributed by atoms with Crippen molar-refractivity contribution in [3.63, 3.8) is 0 Å². The molecule has 0 atom stereocenters. The van der Waals surface area contributed by atoms with Crippen molar-refractivity contribution in [3.05, 3.63) is 83.9 Å². The zero-order valence-electron chi connectivity index (χ0n) is 20.2. The second-order valence-electron chi connectivity index (χ2n) is 10.3. The fraction of sp³-hybridized carbons (Fsp3) is 0.400. The Labute approximate surface area is 203 Å². The van der Waals surface area contributed by atoms with Crippen LogP contribution in [-0.2, 0) is 6.18 Å². The topological polar surface area (TPSA) is 0 Å². The summed E-state index contributed by atoms with van der Waals surface area (Å²) in [4.78, 5) is 0. The first-order valence-corrected chi connectivity index (χ1v) is 15.1. The van der Waals surface area contributed by atoms with Gasteiger partial charge < -0.3 is 0 Å². The van der Waals surface area contributed by atoms with Gasteiger partial charge >= 0.3 is 6.18 Å². The molecular weight excluding hydrogens is 445 g/mol. The molecule has 1 aliphatic heterocycles. The third-order valence-corrected chi connectivity index (χ3v) is 10.9. The summed E-state index contributed by atoms with van der Waals surface area (Å²) in [5.74, 6) is 1.36. The van der Waals surface area contributed by atoms with Gasteiger partial charge in [0, 0.05) is 8.80 Å². The third-order valence-electron chi connectivity index (χ3n) is 7.36. The Morgan fingerprint density at radius 2 is 1.47 bits per heavy atom. The minimum atomic E-state index is -4.32. The van der Waals surface area contributed by atoms with E-state index >= 15 is 0 Å². The molecule has 0 spiro atoms. The molecule has 3 aromatic rings. The van der Waals surface area contributed by atoms with Crippen molar-refractivity contribution in [2.45, 2.75) is 69.8 Å². The van der Waals surface area contributed by atoms with E-state index in [-0.39, 0.29) is 0 Å². The predicted molar refractivity (Wildman–Crippen MR) is 140 cm³/mol. The van der Waals surface area contributed by atoms with E-state index in [2.05, 4.69) is 44.2 Å². The molecule has 34 heavy (non-hydrogen) atoms. The normalized spacial score (nSPS) is 18.9. The van der Waals surface area contributed by atoms with Gasteiger partial charge in [0.25, 0.3) is 0 Å². The van der Waals surface area contributed by atoms with Crippen molar-refractivity contribution < 1.29 is 13.2 Å². The zero-order chi connectivity index (χ0) is 24.1. The Morgan fingerprint density at radius 3 is 2.09 bits per heavy atom. The van der Waals surface area contributed by atoms with Crippen LogP contribution in [0.25, 0.3) is 22.3 Å². The molecule has 0 bridgehead atoms. The highest BCUT2D eigenvalue weighted by atomic mass is 28.3. The Hall–Kier alpha value is -2.33. The van der Waals surface area contributed by atoms with Gasteiger partial charge in [-0.1, -0.05) is 105 Å². The van der Waals surface area contributed by atoms with Gasteiger partial charge in [-0.3, -0.25) is 0 Å². The molecule has 180 valence electrons. The van der Waals surface area contributed by atoms with Crippen LogP contribution in [0.2, 0.25) is 18.1 Å². The molecule has 0 unspecified atom stereocenters. The summed E-state index contributed by atoms with van der Waals surface area (Å²) in [5.41, 5.74) is 4.75. The molecule has 0 radical (unpaired) electrons. The number of hydrogen-bond acceptors (Lipinski definition) is 0. The van der Waals surface area contributed by atoms with Crippen LogP contribution < -0.4 is 0 Å². The maximum atomic E-state index is 13.1. The monoisotopic (exact) mass is 480 g/mol. The first-order valence-electron chi connectivity index (χ1n) is 12.7. The lowest BCUT2D eigenvalue weighted by Gasteiger charge is -2.29.